The molecule has 1 N–H and O–H groups in total. The average molecular weight is 389 g/mol. The molecule has 0 radical (unpaired) electrons. The standard InChI is InChI=1S/C22H23N5O2/c1-4-26-19-11-8-17(13-16(19)7-12-20(26)28)23-22(29)21-15(3)27(25-24-21)18-9-5-14(2)6-10-18/h5-6,8-11,13H,4,7,12H2,1-3H3,(H,23,29). The number of aryl methyl sites for hydroxylation is 2. The molecule has 7 nitrogen and oxygen atoms in total. The Kier molecular flexibility index (Phi) is 4.88. The van der Waals surface area contributed by atoms with Crippen LogP contribution in [0.3, 0.4) is 0 Å². The van der Waals surface area contributed by atoms with Gasteiger partial charge in [0.1, 0.15) is 0 Å². The van der Waals surface area contributed by atoms with Crippen molar-refractivity contribution in [1.29, 1.82) is 0 Å². The molecule has 29 heavy (non-hydrogen) atoms. The average Bonchev–Trinajstić information content (AvgIpc) is 3.10. The molecule has 0 saturated heterocycles. The molecule has 0 saturated carbocycles. The molecule has 7 heteroatoms. The summed E-state index contributed by atoms with van der Waals surface area (Å²) in [6.45, 7) is 6.44. The minimum atomic E-state index is -0.306. The minimum absolute atomic E-state index is 0.139. The lowest BCUT2D eigenvalue weighted by molar-refractivity contribution is -0.118. The Balaban J connectivity index is 1.56. The van der Waals surface area contributed by atoms with Gasteiger partial charge in [0.2, 0.25) is 5.91 Å². The van der Waals surface area contributed by atoms with Crippen LogP contribution >= 0.6 is 0 Å². The summed E-state index contributed by atoms with van der Waals surface area (Å²) in [5, 5.41) is 11.1. The van der Waals surface area contributed by atoms with E-state index in [1.165, 1.54) is 0 Å². The van der Waals surface area contributed by atoms with Crippen LogP contribution in [-0.2, 0) is 11.2 Å². The Morgan fingerprint density at radius 1 is 1.10 bits per heavy atom. The number of hydrogen-bond acceptors (Lipinski definition) is 4. The third-order valence-corrected chi connectivity index (χ3v) is 5.24. The normalized spacial score (nSPS) is 13.3. The summed E-state index contributed by atoms with van der Waals surface area (Å²) >= 11 is 0. The minimum Gasteiger partial charge on any atom is -0.321 e. The van der Waals surface area contributed by atoms with E-state index in [9.17, 15) is 9.59 Å². The predicted molar refractivity (Wildman–Crippen MR) is 112 cm³/mol. The molecule has 1 aliphatic rings. The zero-order chi connectivity index (χ0) is 20.5. The molecule has 1 aliphatic heterocycles. The van der Waals surface area contributed by atoms with Gasteiger partial charge in [0, 0.05) is 24.3 Å². The quantitative estimate of drug-likeness (QED) is 0.741. The van der Waals surface area contributed by atoms with E-state index in [1.807, 2.05) is 63.2 Å². The van der Waals surface area contributed by atoms with Crippen LogP contribution in [0, 0.1) is 13.8 Å². The van der Waals surface area contributed by atoms with E-state index in [1.54, 1.807) is 9.58 Å². The molecule has 0 aliphatic carbocycles. The van der Waals surface area contributed by atoms with Gasteiger partial charge in [0.25, 0.3) is 5.91 Å². The number of fused-ring (bicyclic) bond motifs is 1. The number of carbonyl (C=O) groups excluding carboxylic acids is 2. The highest BCUT2D eigenvalue weighted by molar-refractivity contribution is 6.04. The Morgan fingerprint density at radius 2 is 1.86 bits per heavy atom. The number of rotatable bonds is 4. The molecule has 0 fully saturated rings. The van der Waals surface area contributed by atoms with Crippen molar-refractivity contribution in [3.8, 4) is 5.69 Å². The summed E-state index contributed by atoms with van der Waals surface area (Å²) in [5.41, 5.74) is 5.63. The summed E-state index contributed by atoms with van der Waals surface area (Å²) in [6, 6.07) is 13.5. The van der Waals surface area contributed by atoms with Crippen LogP contribution in [0.5, 0.6) is 0 Å². The third kappa shape index (κ3) is 3.51. The van der Waals surface area contributed by atoms with E-state index in [2.05, 4.69) is 15.6 Å². The highest BCUT2D eigenvalue weighted by Gasteiger charge is 2.23. The van der Waals surface area contributed by atoms with Gasteiger partial charge in [-0.25, -0.2) is 4.68 Å². The molecule has 0 bridgehead atoms. The van der Waals surface area contributed by atoms with E-state index >= 15 is 0 Å². The summed E-state index contributed by atoms with van der Waals surface area (Å²) in [5.74, 6) is -0.167. The van der Waals surface area contributed by atoms with Gasteiger partial charge in [-0.2, -0.15) is 0 Å². The fraction of sp³-hybridized carbons (Fsp3) is 0.273. The van der Waals surface area contributed by atoms with E-state index < -0.39 is 0 Å². The molecule has 2 aromatic carbocycles. The zero-order valence-corrected chi connectivity index (χ0v) is 16.8. The first-order valence-corrected chi connectivity index (χ1v) is 9.72. The SMILES string of the molecule is CCN1C(=O)CCc2cc(NC(=O)c3nnn(-c4ccc(C)cc4)c3C)ccc21. The Labute approximate surface area is 169 Å². The number of nitrogens with zero attached hydrogens (tertiary/aromatic N) is 4. The van der Waals surface area contributed by atoms with Crippen molar-refractivity contribution < 1.29 is 9.59 Å². The monoisotopic (exact) mass is 389 g/mol. The summed E-state index contributed by atoms with van der Waals surface area (Å²) in [6.07, 6.45) is 1.17. The molecule has 1 aromatic heterocycles. The van der Waals surface area contributed by atoms with E-state index in [0.717, 1.165) is 22.5 Å². The number of hydrogen-bond donors (Lipinski definition) is 1. The third-order valence-electron chi connectivity index (χ3n) is 5.24. The molecule has 2 amide bonds. The topological polar surface area (TPSA) is 80.1 Å². The van der Waals surface area contributed by atoms with Crippen LogP contribution in [0.2, 0.25) is 0 Å². The van der Waals surface area contributed by atoms with Crippen molar-refractivity contribution in [2.75, 3.05) is 16.8 Å². The van der Waals surface area contributed by atoms with Crippen molar-refractivity contribution in [2.24, 2.45) is 0 Å². The number of anilines is 2. The number of nitrogens with one attached hydrogen (secondary N) is 1. The summed E-state index contributed by atoms with van der Waals surface area (Å²) in [4.78, 5) is 26.6. The van der Waals surface area contributed by atoms with Crippen molar-refractivity contribution >= 4 is 23.2 Å². The largest absolute Gasteiger partial charge is 0.321 e. The van der Waals surface area contributed by atoms with Gasteiger partial charge in [0.15, 0.2) is 5.69 Å². The molecular weight excluding hydrogens is 366 g/mol. The number of aromatic nitrogens is 3. The fourth-order valence-corrected chi connectivity index (χ4v) is 3.64. The second-order valence-corrected chi connectivity index (χ2v) is 7.21. The molecule has 4 rings (SSSR count). The Bertz CT molecular complexity index is 1090. The maximum atomic E-state index is 12.8. The first-order valence-electron chi connectivity index (χ1n) is 9.72. The lowest BCUT2D eigenvalue weighted by atomic mass is 10.0. The van der Waals surface area contributed by atoms with E-state index in [0.29, 0.717) is 30.8 Å². The molecule has 148 valence electrons. The maximum Gasteiger partial charge on any atom is 0.278 e. The lowest BCUT2D eigenvalue weighted by Gasteiger charge is -2.28. The van der Waals surface area contributed by atoms with Crippen molar-refractivity contribution in [3.63, 3.8) is 0 Å². The lowest BCUT2D eigenvalue weighted by Crippen LogP contribution is -2.34. The Hall–Kier alpha value is -3.48. The van der Waals surface area contributed by atoms with E-state index in [-0.39, 0.29) is 17.5 Å². The van der Waals surface area contributed by atoms with Crippen LogP contribution in [0.4, 0.5) is 11.4 Å². The molecule has 0 unspecified atom stereocenters. The van der Waals surface area contributed by atoms with Gasteiger partial charge < -0.3 is 10.2 Å². The zero-order valence-electron chi connectivity index (χ0n) is 16.8. The van der Waals surface area contributed by atoms with Gasteiger partial charge in [0.05, 0.1) is 11.4 Å². The van der Waals surface area contributed by atoms with Crippen LogP contribution < -0.4 is 10.2 Å². The smallest absolute Gasteiger partial charge is 0.278 e. The van der Waals surface area contributed by atoms with Crippen molar-refractivity contribution in [1.82, 2.24) is 15.0 Å². The van der Waals surface area contributed by atoms with Crippen LogP contribution in [0.25, 0.3) is 5.69 Å². The van der Waals surface area contributed by atoms with Crippen LogP contribution in [-0.4, -0.2) is 33.4 Å². The first kappa shape index (κ1) is 18.9. The highest BCUT2D eigenvalue weighted by Crippen LogP contribution is 2.30. The summed E-state index contributed by atoms with van der Waals surface area (Å²) in [7, 11) is 0. The molecule has 0 spiro atoms. The molecule has 3 aromatic rings. The van der Waals surface area contributed by atoms with Crippen LogP contribution in [0.15, 0.2) is 42.5 Å². The van der Waals surface area contributed by atoms with Gasteiger partial charge >= 0.3 is 0 Å². The highest BCUT2D eigenvalue weighted by atomic mass is 16.2. The van der Waals surface area contributed by atoms with Crippen molar-refractivity contribution in [2.45, 2.75) is 33.6 Å². The second-order valence-electron chi connectivity index (χ2n) is 7.21. The number of amides is 2. The summed E-state index contributed by atoms with van der Waals surface area (Å²) < 4.78 is 1.66. The van der Waals surface area contributed by atoms with Crippen LogP contribution in [0.1, 0.15) is 40.7 Å². The second kappa shape index (κ2) is 7.50. The number of benzene rings is 2. The van der Waals surface area contributed by atoms with Crippen molar-refractivity contribution in [3.05, 3.63) is 65.0 Å². The molecular formula is C22H23N5O2. The fourth-order valence-electron chi connectivity index (χ4n) is 3.64. The van der Waals surface area contributed by atoms with E-state index in [4.69, 9.17) is 0 Å². The number of carbonyl (C=O) groups is 2. The first-order chi connectivity index (χ1) is 14.0. The Morgan fingerprint density at radius 3 is 2.59 bits per heavy atom. The molecule has 2 heterocycles. The van der Waals surface area contributed by atoms with Gasteiger partial charge in [-0.1, -0.05) is 22.9 Å². The molecule has 0 atom stereocenters. The maximum absolute atomic E-state index is 12.8. The van der Waals surface area contributed by atoms with Gasteiger partial charge in [-0.15, -0.1) is 5.10 Å². The predicted octanol–water partition coefficient (Wildman–Crippen LogP) is 3.44. The van der Waals surface area contributed by atoms with Gasteiger partial charge in [-0.3, -0.25) is 9.59 Å². The van der Waals surface area contributed by atoms with Gasteiger partial charge in [-0.05, 0) is 63.1 Å².